The Morgan fingerprint density at radius 2 is 1.75 bits per heavy atom. The number of nitrogens with two attached hydrogens (primary N) is 1. The van der Waals surface area contributed by atoms with Gasteiger partial charge in [-0.2, -0.15) is 5.10 Å². The third-order valence-electron chi connectivity index (χ3n) is 8.16. The molecule has 0 atom stereocenters. The van der Waals surface area contributed by atoms with E-state index in [0.29, 0.717) is 47.8 Å². The first-order valence-corrected chi connectivity index (χ1v) is 16.5. The van der Waals surface area contributed by atoms with E-state index in [-0.39, 0.29) is 35.1 Å². The van der Waals surface area contributed by atoms with E-state index in [4.69, 9.17) is 10.5 Å². The molecule has 0 spiro atoms. The molecule has 260 valence electrons. The zero-order chi connectivity index (χ0) is 35.0. The van der Waals surface area contributed by atoms with E-state index in [1.807, 2.05) is 13.8 Å². The predicted molar refractivity (Wildman–Crippen MR) is 166 cm³/mol. The molecule has 4 aromatic rings. The minimum atomic E-state index is -5.19. The quantitative estimate of drug-likeness (QED) is 0.117. The van der Waals surface area contributed by atoms with Gasteiger partial charge in [0.2, 0.25) is 0 Å². The van der Waals surface area contributed by atoms with Crippen LogP contribution in [0.1, 0.15) is 57.1 Å². The van der Waals surface area contributed by atoms with Gasteiger partial charge >= 0.3 is 6.36 Å². The molecule has 2 aromatic heterocycles. The monoisotopic (exact) mass is 700 g/mol. The standard InChI is InChI=1S/C31H34F6N6O4S/c1-16(2)43-29-21(17-4-6-18(7-5-17)39-10-11-46-3)15-40-30(38)27(29)28(41-43)20-13-24(34)25(14-23(20)33)42-48(44,45)26-12-19(8-9-22(26)32)47-31(35,36)37/h8-9,12-18,39,42H,4-7,10-11H2,1-3H3,(H2,38,40). The molecule has 1 fully saturated rings. The topological polar surface area (TPSA) is 133 Å². The number of nitrogen functional groups attached to an aromatic ring is 1. The summed E-state index contributed by atoms with van der Waals surface area (Å²) in [5.74, 6) is -4.72. The first-order chi connectivity index (χ1) is 22.6. The fourth-order valence-corrected chi connectivity index (χ4v) is 7.10. The van der Waals surface area contributed by atoms with Crippen molar-refractivity contribution in [1.29, 1.82) is 0 Å². The summed E-state index contributed by atoms with van der Waals surface area (Å²) < 4.78 is 122. The summed E-state index contributed by atoms with van der Waals surface area (Å²) in [7, 11) is -3.41. The van der Waals surface area contributed by atoms with Crippen molar-refractivity contribution in [3.8, 4) is 17.0 Å². The Labute approximate surface area is 272 Å². The number of anilines is 2. The maximum Gasteiger partial charge on any atom is 0.573 e. The maximum absolute atomic E-state index is 15.8. The third kappa shape index (κ3) is 7.47. The van der Waals surface area contributed by atoms with Crippen molar-refractivity contribution in [2.45, 2.75) is 68.8 Å². The summed E-state index contributed by atoms with van der Waals surface area (Å²) in [6.07, 6.45) is -0.00652. The second-order valence-corrected chi connectivity index (χ2v) is 13.4. The van der Waals surface area contributed by atoms with Gasteiger partial charge in [0, 0.05) is 49.6 Å². The van der Waals surface area contributed by atoms with E-state index in [1.165, 1.54) is 0 Å². The maximum atomic E-state index is 15.8. The second kappa shape index (κ2) is 13.8. The molecule has 48 heavy (non-hydrogen) atoms. The number of fused-ring (bicyclic) bond motifs is 1. The molecular formula is C31H34F6N6O4S. The summed E-state index contributed by atoms with van der Waals surface area (Å²) in [5, 5.41) is 8.40. The summed E-state index contributed by atoms with van der Waals surface area (Å²) in [5.41, 5.74) is 6.53. The van der Waals surface area contributed by atoms with E-state index in [2.05, 4.69) is 20.1 Å². The Kier molecular flexibility index (Phi) is 10.1. The van der Waals surface area contributed by atoms with Gasteiger partial charge in [0.15, 0.2) is 0 Å². The molecular weight excluding hydrogens is 666 g/mol. The average molecular weight is 701 g/mol. The Hall–Kier alpha value is -4.09. The minimum absolute atomic E-state index is 0.0191. The minimum Gasteiger partial charge on any atom is -0.406 e. The van der Waals surface area contributed by atoms with Crippen molar-refractivity contribution in [3.63, 3.8) is 0 Å². The fourth-order valence-electron chi connectivity index (χ4n) is 5.95. The number of benzene rings is 2. The number of alkyl halides is 3. The molecule has 4 N–H and O–H groups in total. The van der Waals surface area contributed by atoms with E-state index in [0.717, 1.165) is 37.8 Å². The largest absolute Gasteiger partial charge is 0.573 e. The molecule has 1 saturated carbocycles. The van der Waals surface area contributed by atoms with E-state index >= 15 is 8.78 Å². The highest BCUT2D eigenvalue weighted by Gasteiger charge is 2.33. The number of rotatable bonds is 11. The van der Waals surface area contributed by atoms with Gasteiger partial charge in [-0.05, 0) is 69.2 Å². The van der Waals surface area contributed by atoms with E-state index < -0.39 is 50.2 Å². The molecule has 0 amide bonds. The van der Waals surface area contributed by atoms with Crippen LogP contribution >= 0.6 is 0 Å². The van der Waals surface area contributed by atoms with Crippen molar-refractivity contribution in [2.24, 2.45) is 0 Å². The van der Waals surface area contributed by atoms with Crippen LogP contribution in [0.5, 0.6) is 5.75 Å². The van der Waals surface area contributed by atoms with Crippen LogP contribution in [0.2, 0.25) is 0 Å². The number of pyridine rings is 1. The van der Waals surface area contributed by atoms with Crippen molar-refractivity contribution in [2.75, 3.05) is 30.7 Å². The summed E-state index contributed by atoms with van der Waals surface area (Å²) >= 11 is 0. The molecule has 1 aliphatic carbocycles. The van der Waals surface area contributed by atoms with Gasteiger partial charge in [0.1, 0.15) is 39.6 Å². The smallest absolute Gasteiger partial charge is 0.406 e. The second-order valence-electron chi connectivity index (χ2n) is 11.8. The predicted octanol–water partition coefficient (Wildman–Crippen LogP) is 6.64. The Balaban J connectivity index is 1.50. The van der Waals surface area contributed by atoms with Gasteiger partial charge in [-0.15, -0.1) is 13.2 Å². The van der Waals surface area contributed by atoms with E-state index in [9.17, 15) is 26.0 Å². The zero-order valence-corrected chi connectivity index (χ0v) is 27.0. The molecule has 0 aliphatic heterocycles. The molecule has 0 radical (unpaired) electrons. The Morgan fingerprint density at radius 1 is 1.04 bits per heavy atom. The lowest BCUT2D eigenvalue weighted by Crippen LogP contribution is -2.34. The van der Waals surface area contributed by atoms with Crippen LogP contribution in [0.4, 0.5) is 37.8 Å². The van der Waals surface area contributed by atoms with Gasteiger partial charge in [0.05, 0.1) is 23.2 Å². The Bertz CT molecular complexity index is 1910. The molecule has 10 nitrogen and oxygen atoms in total. The van der Waals surface area contributed by atoms with Gasteiger partial charge in [-0.3, -0.25) is 9.40 Å². The van der Waals surface area contributed by atoms with Crippen LogP contribution in [-0.4, -0.2) is 55.8 Å². The number of nitrogens with zero attached hydrogens (tertiary/aromatic N) is 3. The van der Waals surface area contributed by atoms with Crippen LogP contribution < -0.4 is 20.5 Å². The van der Waals surface area contributed by atoms with Gasteiger partial charge in [0.25, 0.3) is 10.0 Å². The van der Waals surface area contributed by atoms with Crippen molar-refractivity contribution in [1.82, 2.24) is 20.1 Å². The van der Waals surface area contributed by atoms with Gasteiger partial charge < -0.3 is 20.5 Å². The van der Waals surface area contributed by atoms with Crippen molar-refractivity contribution < 1.29 is 44.2 Å². The molecule has 1 aliphatic rings. The van der Waals surface area contributed by atoms with Gasteiger partial charge in [-0.1, -0.05) is 0 Å². The summed E-state index contributed by atoms with van der Waals surface area (Å²) in [6, 6.07) is 2.63. The highest BCUT2D eigenvalue weighted by Crippen LogP contribution is 2.42. The third-order valence-corrected chi connectivity index (χ3v) is 9.54. The van der Waals surface area contributed by atoms with Crippen molar-refractivity contribution in [3.05, 3.63) is 59.5 Å². The molecule has 0 saturated heterocycles. The molecule has 2 heterocycles. The van der Waals surface area contributed by atoms with Crippen molar-refractivity contribution >= 4 is 32.4 Å². The van der Waals surface area contributed by atoms with Crippen LogP contribution in [0, 0.1) is 17.5 Å². The van der Waals surface area contributed by atoms with Crippen LogP contribution in [0.25, 0.3) is 22.2 Å². The zero-order valence-electron chi connectivity index (χ0n) is 26.2. The number of hydrogen-bond donors (Lipinski definition) is 3. The highest BCUT2D eigenvalue weighted by molar-refractivity contribution is 7.92. The van der Waals surface area contributed by atoms with Gasteiger partial charge in [-0.25, -0.2) is 26.6 Å². The SMILES string of the molecule is COCCNC1CCC(c2cnc(N)c3c(-c4cc(F)c(NS(=O)(=O)c5cc(OC(F)(F)F)ccc5F)cc4F)nn(C(C)C)c23)CC1. The highest BCUT2D eigenvalue weighted by atomic mass is 32.2. The lowest BCUT2D eigenvalue weighted by molar-refractivity contribution is -0.274. The lowest BCUT2D eigenvalue weighted by atomic mass is 9.81. The molecule has 0 bridgehead atoms. The number of halogens is 6. The Morgan fingerprint density at radius 3 is 2.40 bits per heavy atom. The fraction of sp³-hybridized carbons (Fsp3) is 0.419. The molecule has 5 rings (SSSR count). The molecule has 2 aromatic carbocycles. The molecule has 17 heteroatoms. The first kappa shape index (κ1) is 35.2. The average Bonchev–Trinajstić information content (AvgIpc) is 3.41. The summed E-state index contributed by atoms with van der Waals surface area (Å²) in [4.78, 5) is 3.10. The first-order valence-electron chi connectivity index (χ1n) is 15.1. The van der Waals surface area contributed by atoms with Crippen LogP contribution in [0.3, 0.4) is 0 Å². The summed E-state index contributed by atoms with van der Waals surface area (Å²) in [6.45, 7) is 5.09. The number of sulfonamides is 1. The number of aromatic nitrogens is 3. The van der Waals surface area contributed by atoms with E-state index in [1.54, 1.807) is 22.7 Å². The number of methoxy groups -OCH3 is 1. The molecule has 0 unspecified atom stereocenters. The van der Waals surface area contributed by atoms with Crippen LogP contribution in [-0.2, 0) is 14.8 Å². The number of nitrogens with one attached hydrogen (secondary N) is 2. The number of hydrogen-bond acceptors (Lipinski definition) is 8. The lowest BCUT2D eigenvalue weighted by Gasteiger charge is -2.30. The normalized spacial score (nSPS) is 17.3. The van der Waals surface area contributed by atoms with Crippen LogP contribution in [0.15, 0.2) is 41.4 Å². The number of ether oxygens (including phenoxy) is 2.